The van der Waals surface area contributed by atoms with Gasteiger partial charge >= 0.3 is 0 Å². The zero-order chi connectivity index (χ0) is 8.20. The highest BCUT2D eigenvalue weighted by Gasteiger charge is 2.15. The fourth-order valence-corrected chi connectivity index (χ4v) is 0.728. The minimum Gasteiger partial charge on any atom is -0.360 e. The Balaban J connectivity index is 4.22. The van der Waals surface area contributed by atoms with Crippen molar-refractivity contribution in [1.29, 1.82) is 5.41 Å². The summed E-state index contributed by atoms with van der Waals surface area (Å²) in [7, 11) is 1.47. The Kier molecular flexibility index (Phi) is 3.94. The molecule has 2 nitrogen and oxygen atoms in total. The minimum absolute atomic E-state index is 0.263. The predicted octanol–water partition coefficient (Wildman–Crippen LogP) is 2.36. The number of halogens is 2. The van der Waals surface area contributed by atoms with Crippen LogP contribution in [0.4, 0.5) is 0 Å². The number of methoxy groups -OCH3 is 1. The van der Waals surface area contributed by atoms with Crippen molar-refractivity contribution < 1.29 is 4.74 Å². The monoisotopic (exact) mass is 181 g/mol. The molecule has 0 aromatic carbocycles. The van der Waals surface area contributed by atoms with Crippen molar-refractivity contribution in [2.45, 2.75) is 12.0 Å². The molecule has 0 fully saturated rings. The molecule has 0 aliphatic rings. The summed E-state index contributed by atoms with van der Waals surface area (Å²) in [5, 5.41) is 6.08. The van der Waals surface area contributed by atoms with Crippen molar-refractivity contribution in [2.24, 2.45) is 0 Å². The molecule has 0 saturated carbocycles. The largest absolute Gasteiger partial charge is 0.360 e. The van der Waals surface area contributed by atoms with E-state index < -0.39 is 5.06 Å². The molecule has 1 N–H and O–H groups in total. The van der Waals surface area contributed by atoms with Crippen molar-refractivity contribution in [2.75, 3.05) is 7.11 Å². The highest BCUT2D eigenvalue weighted by molar-refractivity contribution is 6.39. The van der Waals surface area contributed by atoms with E-state index in [1.807, 2.05) is 0 Å². The molecule has 4 heteroatoms. The lowest BCUT2D eigenvalue weighted by molar-refractivity contribution is 0.120. The number of ether oxygens (including phenoxy) is 1. The quantitative estimate of drug-likeness (QED) is 0.527. The van der Waals surface area contributed by atoms with Crippen LogP contribution < -0.4 is 0 Å². The van der Waals surface area contributed by atoms with Gasteiger partial charge in [0.15, 0.2) is 5.06 Å². The first-order chi connectivity index (χ1) is 4.52. The highest BCUT2D eigenvalue weighted by atomic mass is 35.5. The summed E-state index contributed by atoms with van der Waals surface area (Å²) >= 11 is 11.2. The maximum Gasteiger partial charge on any atom is 0.159 e. The van der Waals surface area contributed by atoms with Gasteiger partial charge in [0.25, 0.3) is 0 Å². The minimum atomic E-state index is -0.908. The summed E-state index contributed by atoms with van der Waals surface area (Å²) in [5.74, 6) is 0. The topological polar surface area (TPSA) is 33.1 Å². The normalized spacial score (nSPS) is 18.2. The Morgan fingerprint density at radius 1 is 1.70 bits per heavy atom. The van der Waals surface area contributed by atoms with E-state index >= 15 is 0 Å². The predicted molar refractivity (Wildman–Crippen MR) is 44.0 cm³/mol. The van der Waals surface area contributed by atoms with Crippen LogP contribution in [0, 0.1) is 5.41 Å². The second-order valence-corrected chi connectivity index (χ2v) is 3.05. The zero-order valence-corrected chi connectivity index (χ0v) is 7.33. The lowest BCUT2D eigenvalue weighted by Crippen LogP contribution is -2.15. The molecule has 0 aromatic rings. The molecule has 0 rings (SSSR count). The number of rotatable bonds is 3. The second-order valence-electron chi connectivity index (χ2n) is 1.86. The summed E-state index contributed by atoms with van der Waals surface area (Å²) in [6.45, 7) is 1.64. The first kappa shape index (κ1) is 9.95. The van der Waals surface area contributed by atoms with Gasteiger partial charge in [-0.15, -0.1) is 0 Å². The van der Waals surface area contributed by atoms with Crippen LogP contribution in [0.2, 0.25) is 0 Å². The first-order valence-electron chi connectivity index (χ1n) is 2.65. The molecule has 0 amide bonds. The maximum absolute atomic E-state index is 6.72. The first-order valence-corrected chi connectivity index (χ1v) is 3.40. The van der Waals surface area contributed by atoms with Crippen LogP contribution in [0.25, 0.3) is 0 Å². The Morgan fingerprint density at radius 2 is 2.20 bits per heavy atom. The van der Waals surface area contributed by atoms with E-state index in [0.29, 0.717) is 0 Å². The van der Waals surface area contributed by atoms with E-state index in [1.165, 1.54) is 13.2 Å². The highest BCUT2D eigenvalue weighted by Crippen LogP contribution is 2.19. The third-order valence-corrected chi connectivity index (χ3v) is 1.41. The molecule has 0 heterocycles. The standard InChI is InChI=1S/C6H9Cl2NO/c1-6(8,10-2)3-5(7)4-9/h3-4,9H,1-2H3/b5-3+,9-4?. The maximum atomic E-state index is 6.72. The van der Waals surface area contributed by atoms with Crippen molar-refractivity contribution >= 4 is 29.4 Å². The van der Waals surface area contributed by atoms with Crippen LogP contribution in [-0.2, 0) is 4.74 Å². The number of alkyl halides is 1. The van der Waals surface area contributed by atoms with Gasteiger partial charge in [-0.25, -0.2) is 0 Å². The molecular weight excluding hydrogens is 173 g/mol. The number of hydrogen-bond donors (Lipinski definition) is 1. The smallest absolute Gasteiger partial charge is 0.159 e. The van der Waals surface area contributed by atoms with Crippen LogP contribution in [0.15, 0.2) is 11.1 Å². The van der Waals surface area contributed by atoms with E-state index in [-0.39, 0.29) is 5.03 Å². The second kappa shape index (κ2) is 3.96. The number of allylic oxidation sites excluding steroid dienone is 1. The molecule has 0 aromatic heterocycles. The van der Waals surface area contributed by atoms with E-state index in [9.17, 15) is 0 Å². The summed E-state index contributed by atoms with van der Waals surface area (Å²) in [6.07, 6.45) is 2.45. The van der Waals surface area contributed by atoms with Crippen LogP contribution in [0.5, 0.6) is 0 Å². The van der Waals surface area contributed by atoms with E-state index in [4.69, 9.17) is 33.3 Å². The van der Waals surface area contributed by atoms with Crippen molar-refractivity contribution in [1.82, 2.24) is 0 Å². The Morgan fingerprint density at radius 3 is 2.50 bits per heavy atom. The fourth-order valence-electron chi connectivity index (χ4n) is 0.347. The van der Waals surface area contributed by atoms with Crippen molar-refractivity contribution in [3.8, 4) is 0 Å². The third kappa shape index (κ3) is 3.88. The molecular formula is C6H9Cl2NO. The molecule has 10 heavy (non-hydrogen) atoms. The summed E-state index contributed by atoms with van der Waals surface area (Å²) in [4.78, 5) is 0. The fraction of sp³-hybridized carbons (Fsp3) is 0.500. The van der Waals surface area contributed by atoms with Gasteiger partial charge in [0.05, 0.1) is 5.03 Å². The van der Waals surface area contributed by atoms with Crippen LogP contribution in [0.3, 0.4) is 0 Å². The Bertz CT molecular complexity index is 154. The van der Waals surface area contributed by atoms with Crippen LogP contribution >= 0.6 is 23.2 Å². The number of nitrogens with one attached hydrogen (secondary N) is 1. The molecule has 0 radical (unpaired) electrons. The molecule has 0 spiro atoms. The molecule has 0 aliphatic heterocycles. The summed E-state index contributed by atoms with van der Waals surface area (Å²) in [6, 6.07) is 0. The van der Waals surface area contributed by atoms with Gasteiger partial charge < -0.3 is 10.1 Å². The average Bonchev–Trinajstić information content (AvgIpc) is 1.87. The summed E-state index contributed by atoms with van der Waals surface area (Å²) < 4.78 is 4.81. The third-order valence-electron chi connectivity index (χ3n) is 0.933. The molecule has 1 unspecified atom stereocenters. The number of hydrogen-bond acceptors (Lipinski definition) is 2. The van der Waals surface area contributed by atoms with Gasteiger partial charge in [0.2, 0.25) is 0 Å². The average molecular weight is 182 g/mol. The Labute approximate surface area is 70.3 Å². The van der Waals surface area contributed by atoms with Gasteiger partial charge in [0, 0.05) is 13.3 Å². The van der Waals surface area contributed by atoms with Gasteiger partial charge in [-0.2, -0.15) is 0 Å². The summed E-state index contributed by atoms with van der Waals surface area (Å²) in [5.41, 5.74) is 0. The molecule has 0 saturated heterocycles. The van der Waals surface area contributed by atoms with E-state index in [0.717, 1.165) is 6.21 Å². The van der Waals surface area contributed by atoms with E-state index in [2.05, 4.69) is 0 Å². The van der Waals surface area contributed by atoms with Gasteiger partial charge in [-0.1, -0.05) is 23.2 Å². The molecule has 1 atom stereocenters. The van der Waals surface area contributed by atoms with Crippen molar-refractivity contribution in [3.05, 3.63) is 11.1 Å². The van der Waals surface area contributed by atoms with E-state index in [1.54, 1.807) is 6.92 Å². The molecule has 58 valence electrons. The van der Waals surface area contributed by atoms with Gasteiger partial charge in [-0.3, -0.25) is 0 Å². The lowest BCUT2D eigenvalue weighted by Gasteiger charge is -2.14. The zero-order valence-electron chi connectivity index (χ0n) is 5.82. The van der Waals surface area contributed by atoms with Gasteiger partial charge in [0.1, 0.15) is 0 Å². The van der Waals surface area contributed by atoms with Gasteiger partial charge in [-0.05, 0) is 13.0 Å². The van der Waals surface area contributed by atoms with Crippen LogP contribution in [-0.4, -0.2) is 18.4 Å². The lowest BCUT2D eigenvalue weighted by atomic mass is 10.3. The Hall–Kier alpha value is -0.0500. The van der Waals surface area contributed by atoms with Crippen LogP contribution in [0.1, 0.15) is 6.92 Å². The molecule has 0 aliphatic carbocycles. The molecule has 0 bridgehead atoms. The van der Waals surface area contributed by atoms with Crippen molar-refractivity contribution in [3.63, 3.8) is 0 Å². The SMILES string of the molecule is COC(C)(Cl)/C=C(/Cl)C=N.